The van der Waals surface area contributed by atoms with E-state index in [0.29, 0.717) is 17.9 Å². The number of rotatable bonds is 3. The van der Waals surface area contributed by atoms with E-state index in [0.717, 1.165) is 18.4 Å². The Balaban J connectivity index is 1.79. The molecule has 0 spiro atoms. The van der Waals surface area contributed by atoms with Crippen LogP contribution in [0.2, 0.25) is 0 Å². The first-order chi connectivity index (χ1) is 9.79. The van der Waals surface area contributed by atoms with Gasteiger partial charge in [-0.15, -0.1) is 10.2 Å². The van der Waals surface area contributed by atoms with E-state index in [-0.39, 0.29) is 18.6 Å². The second-order valence-electron chi connectivity index (χ2n) is 4.79. The molecule has 0 bridgehead atoms. The largest absolute Gasteiger partial charge is 0.394 e. The number of aliphatic hydroxyl groups is 1. The number of hydrogen-bond donors (Lipinski definition) is 2. The van der Waals surface area contributed by atoms with Gasteiger partial charge in [-0.2, -0.15) is 5.21 Å². The average Bonchev–Trinajstić information content (AvgIpc) is 3.17. The van der Waals surface area contributed by atoms with Crippen LogP contribution in [0.1, 0.15) is 23.2 Å². The van der Waals surface area contributed by atoms with Crippen LogP contribution < -0.4 is 0 Å². The van der Waals surface area contributed by atoms with Crippen LogP contribution >= 0.6 is 0 Å². The van der Waals surface area contributed by atoms with Crippen LogP contribution in [0.5, 0.6) is 0 Å². The molecule has 2 heterocycles. The summed E-state index contributed by atoms with van der Waals surface area (Å²) in [5, 5.41) is 22.9. The fourth-order valence-corrected chi connectivity index (χ4v) is 2.50. The van der Waals surface area contributed by atoms with E-state index in [1.54, 1.807) is 29.2 Å². The Hall–Kier alpha value is -2.28. The maximum Gasteiger partial charge on any atom is 0.254 e. The van der Waals surface area contributed by atoms with Gasteiger partial charge in [0.1, 0.15) is 0 Å². The number of carbonyl (C=O) groups excluding carboxylic acids is 1. The SMILES string of the molecule is O=C(c1ccc(-c2nn[nH]n2)cc1)N1CCCC1CO. The zero-order valence-electron chi connectivity index (χ0n) is 10.9. The molecule has 104 valence electrons. The first-order valence-corrected chi connectivity index (χ1v) is 6.55. The highest BCUT2D eigenvalue weighted by atomic mass is 16.3. The Labute approximate surface area is 115 Å². The first-order valence-electron chi connectivity index (χ1n) is 6.55. The molecule has 7 heteroatoms. The lowest BCUT2D eigenvalue weighted by atomic mass is 10.1. The summed E-state index contributed by atoms with van der Waals surface area (Å²) >= 11 is 0. The van der Waals surface area contributed by atoms with Gasteiger partial charge < -0.3 is 10.0 Å². The molecule has 1 aliphatic heterocycles. The molecule has 0 radical (unpaired) electrons. The molecule has 1 atom stereocenters. The monoisotopic (exact) mass is 273 g/mol. The van der Waals surface area contributed by atoms with E-state index in [2.05, 4.69) is 20.6 Å². The van der Waals surface area contributed by atoms with Gasteiger partial charge in [-0.1, -0.05) is 12.1 Å². The van der Waals surface area contributed by atoms with E-state index >= 15 is 0 Å². The number of benzene rings is 1. The van der Waals surface area contributed by atoms with Crippen molar-refractivity contribution in [1.29, 1.82) is 0 Å². The summed E-state index contributed by atoms with van der Waals surface area (Å²) in [6, 6.07) is 7.03. The molecule has 1 saturated heterocycles. The molecular formula is C13H15N5O2. The van der Waals surface area contributed by atoms with Gasteiger partial charge in [0.2, 0.25) is 5.82 Å². The number of aromatic nitrogens is 4. The molecule has 0 saturated carbocycles. The number of tetrazole rings is 1. The van der Waals surface area contributed by atoms with Crippen LogP contribution in [-0.4, -0.2) is 55.7 Å². The number of carbonyl (C=O) groups is 1. The van der Waals surface area contributed by atoms with E-state index in [4.69, 9.17) is 0 Å². The Morgan fingerprint density at radius 3 is 2.85 bits per heavy atom. The van der Waals surface area contributed by atoms with E-state index in [1.165, 1.54) is 0 Å². The van der Waals surface area contributed by atoms with Crippen molar-refractivity contribution in [1.82, 2.24) is 25.5 Å². The predicted octanol–water partition coefficient (Wildman–Crippen LogP) is 0.464. The zero-order valence-corrected chi connectivity index (χ0v) is 10.9. The van der Waals surface area contributed by atoms with Gasteiger partial charge in [-0.25, -0.2) is 0 Å². The maximum absolute atomic E-state index is 12.4. The smallest absolute Gasteiger partial charge is 0.254 e. The van der Waals surface area contributed by atoms with Gasteiger partial charge >= 0.3 is 0 Å². The van der Waals surface area contributed by atoms with E-state index in [1.807, 2.05) is 0 Å². The summed E-state index contributed by atoms with van der Waals surface area (Å²) in [6.07, 6.45) is 1.81. The third-order valence-electron chi connectivity index (χ3n) is 3.58. The molecule has 2 N–H and O–H groups in total. The van der Waals surface area contributed by atoms with Gasteiger partial charge in [0, 0.05) is 17.7 Å². The molecule has 0 aliphatic carbocycles. The number of aliphatic hydroxyl groups excluding tert-OH is 1. The topological polar surface area (TPSA) is 95.0 Å². The minimum absolute atomic E-state index is 0.0205. The minimum Gasteiger partial charge on any atom is -0.394 e. The van der Waals surface area contributed by atoms with Crippen molar-refractivity contribution < 1.29 is 9.90 Å². The second kappa shape index (κ2) is 5.38. The van der Waals surface area contributed by atoms with Crippen LogP contribution in [0.25, 0.3) is 11.4 Å². The van der Waals surface area contributed by atoms with Crippen molar-refractivity contribution in [3.05, 3.63) is 29.8 Å². The van der Waals surface area contributed by atoms with Gasteiger partial charge in [-0.05, 0) is 30.2 Å². The quantitative estimate of drug-likeness (QED) is 0.847. The molecule has 1 unspecified atom stereocenters. The summed E-state index contributed by atoms with van der Waals surface area (Å²) in [6.45, 7) is 0.726. The lowest BCUT2D eigenvalue weighted by Crippen LogP contribution is -2.37. The molecule has 3 rings (SSSR count). The lowest BCUT2D eigenvalue weighted by molar-refractivity contribution is 0.0677. The van der Waals surface area contributed by atoms with Crippen molar-refractivity contribution >= 4 is 5.91 Å². The Kier molecular flexibility index (Phi) is 3.42. The van der Waals surface area contributed by atoms with Crippen molar-refractivity contribution in [2.75, 3.05) is 13.2 Å². The van der Waals surface area contributed by atoms with Crippen LogP contribution in [0.4, 0.5) is 0 Å². The Morgan fingerprint density at radius 2 is 2.20 bits per heavy atom. The average molecular weight is 273 g/mol. The molecular weight excluding hydrogens is 258 g/mol. The molecule has 1 fully saturated rings. The van der Waals surface area contributed by atoms with Crippen LogP contribution in [0, 0.1) is 0 Å². The highest BCUT2D eigenvalue weighted by Crippen LogP contribution is 2.21. The fourth-order valence-electron chi connectivity index (χ4n) is 2.50. The molecule has 1 aromatic heterocycles. The third-order valence-corrected chi connectivity index (χ3v) is 3.58. The summed E-state index contributed by atoms with van der Waals surface area (Å²) in [4.78, 5) is 14.1. The van der Waals surface area contributed by atoms with Crippen molar-refractivity contribution in [2.45, 2.75) is 18.9 Å². The van der Waals surface area contributed by atoms with Crippen molar-refractivity contribution in [2.24, 2.45) is 0 Å². The summed E-state index contributed by atoms with van der Waals surface area (Å²) in [5.41, 5.74) is 1.41. The van der Waals surface area contributed by atoms with Crippen LogP contribution in [0.3, 0.4) is 0 Å². The second-order valence-corrected chi connectivity index (χ2v) is 4.79. The van der Waals surface area contributed by atoms with Crippen molar-refractivity contribution in [3.63, 3.8) is 0 Å². The summed E-state index contributed by atoms with van der Waals surface area (Å²) in [7, 11) is 0. The number of amides is 1. The highest BCUT2D eigenvalue weighted by Gasteiger charge is 2.28. The standard InChI is InChI=1S/C13H15N5O2/c19-8-11-2-1-7-18(11)13(20)10-5-3-9(4-6-10)12-14-16-17-15-12/h3-6,11,19H,1-2,7-8H2,(H,14,15,16,17). The highest BCUT2D eigenvalue weighted by molar-refractivity contribution is 5.95. The van der Waals surface area contributed by atoms with E-state index < -0.39 is 0 Å². The molecule has 1 aromatic carbocycles. The summed E-state index contributed by atoms with van der Waals surface area (Å²) in [5.74, 6) is 0.458. The lowest BCUT2D eigenvalue weighted by Gasteiger charge is -2.23. The third kappa shape index (κ3) is 2.27. The molecule has 7 nitrogen and oxygen atoms in total. The van der Waals surface area contributed by atoms with Crippen LogP contribution in [0.15, 0.2) is 24.3 Å². The first kappa shape index (κ1) is 12.7. The number of aromatic amines is 1. The Bertz CT molecular complexity index is 581. The van der Waals surface area contributed by atoms with E-state index in [9.17, 15) is 9.90 Å². The molecule has 1 aliphatic rings. The number of nitrogens with one attached hydrogen (secondary N) is 1. The number of nitrogens with zero attached hydrogens (tertiary/aromatic N) is 4. The number of hydrogen-bond acceptors (Lipinski definition) is 5. The summed E-state index contributed by atoms with van der Waals surface area (Å²) < 4.78 is 0. The van der Waals surface area contributed by atoms with Crippen LogP contribution in [-0.2, 0) is 0 Å². The molecule has 20 heavy (non-hydrogen) atoms. The van der Waals surface area contributed by atoms with Gasteiger partial charge in [0.05, 0.1) is 12.6 Å². The van der Waals surface area contributed by atoms with Gasteiger partial charge in [0.15, 0.2) is 0 Å². The fraction of sp³-hybridized carbons (Fsp3) is 0.385. The normalized spacial score (nSPS) is 18.4. The zero-order chi connectivity index (χ0) is 13.9. The molecule has 1 amide bonds. The minimum atomic E-state index is -0.0561. The number of H-pyrrole nitrogens is 1. The van der Waals surface area contributed by atoms with Gasteiger partial charge in [-0.3, -0.25) is 4.79 Å². The Morgan fingerprint density at radius 1 is 1.40 bits per heavy atom. The van der Waals surface area contributed by atoms with Gasteiger partial charge in [0.25, 0.3) is 5.91 Å². The predicted molar refractivity (Wildman–Crippen MR) is 70.8 cm³/mol. The maximum atomic E-state index is 12.4. The van der Waals surface area contributed by atoms with Crippen molar-refractivity contribution in [3.8, 4) is 11.4 Å². The molecule has 2 aromatic rings. The number of likely N-dealkylation sites (tertiary alicyclic amines) is 1.